The van der Waals surface area contributed by atoms with Crippen LogP contribution in [0.25, 0.3) is 0 Å². The average Bonchev–Trinajstić information content (AvgIpc) is 2.17. The largest absolute Gasteiger partial charge is 0.376 e. The molecule has 1 unspecified atom stereocenters. The topological polar surface area (TPSA) is 60.9 Å². The van der Waals surface area contributed by atoms with E-state index in [9.17, 15) is 9.59 Å². The molecule has 0 radical (unpaired) electrons. The van der Waals surface area contributed by atoms with Crippen molar-refractivity contribution in [3.05, 3.63) is 0 Å². The molecule has 0 bridgehead atoms. The van der Waals surface area contributed by atoms with Crippen LogP contribution in [-0.2, 0) is 4.79 Å². The van der Waals surface area contributed by atoms with E-state index in [1.54, 1.807) is 6.92 Å². The summed E-state index contributed by atoms with van der Waals surface area (Å²) >= 11 is 0. The van der Waals surface area contributed by atoms with Gasteiger partial charge in [0, 0.05) is 7.05 Å². The number of imide groups is 1. The number of hydrogen-bond donors (Lipinski definition) is 1. The average molecular weight is 158 g/mol. The van der Waals surface area contributed by atoms with E-state index in [4.69, 9.17) is 5.11 Å². The first-order chi connectivity index (χ1) is 5.09. The number of carbonyl (C=O) groups is 2. The maximum atomic E-state index is 11.1. The summed E-state index contributed by atoms with van der Waals surface area (Å²) in [5.74, 6) is -0.347. The number of hydrogen-bond acceptors (Lipinski definition) is 3. The fourth-order valence-electron chi connectivity index (χ4n) is 0.972. The Labute approximate surface area is 64.2 Å². The third-order valence-corrected chi connectivity index (χ3v) is 1.88. The fourth-order valence-corrected chi connectivity index (χ4v) is 0.972. The minimum absolute atomic E-state index is 0.347. The van der Waals surface area contributed by atoms with Gasteiger partial charge in [-0.2, -0.15) is 0 Å². The number of aliphatic hydroxyl groups is 1. The molecule has 1 aliphatic heterocycles. The van der Waals surface area contributed by atoms with Gasteiger partial charge in [-0.25, -0.2) is 9.69 Å². The van der Waals surface area contributed by atoms with Crippen LogP contribution >= 0.6 is 0 Å². The van der Waals surface area contributed by atoms with Crippen molar-refractivity contribution in [3.63, 3.8) is 0 Å². The standard InChI is InChI=1S/C6H10N2O3/c1-4-5(10)8(3-9)6(11)7(4)2/h4,9H,3H2,1-2H3. The van der Waals surface area contributed by atoms with Crippen LogP contribution in [0.4, 0.5) is 4.79 Å². The molecule has 0 aromatic heterocycles. The third-order valence-electron chi connectivity index (χ3n) is 1.88. The molecule has 0 aromatic rings. The molecule has 1 atom stereocenters. The molecule has 1 N–H and O–H groups in total. The highest BCUT2D eigenvalue weighted by atomic mass is 16.3. The number of nitrogens with zero attached hydrogens (tertiary/aromatic N) is 2. The Morgan fingerprint density at radius 2 is 2.09 bits per heavy atom. The first-order valence-corrected chi connectivity index (χ1v) is 3.28. The Morgan fingerprint density at radius 3 is 2.27 bits per heavy atom. The second-order valence-electron chi connectivity index (χ2n) is 2.48. The Hall–Kier alpha value is -1.10. The Bertz CT molecular complexity index is 184. The van der Waals surface area contributed by atoms with Gasteiger partial charge in [0.15, 0.2) is 0 Å². The van der Waals surface area contributed by atoms with Gasteiger partial charge in [-0.3, -0.25) is 4.79 Å². The molecular formula is C6H10N2O3. The van der Waals surface area contributed by atoms with E-state index in [-0.39, 0.29) is 5.91 Å². The van der Waals surface area contributed by atoms with Gasteiger partial charge in [0.1, 0.15) is 12.8 Å². The van der Waals surface area contributed by atoms with Crippen LogP contribution in [0.15, 0.2) is 0 Å². The normalized spacial score (nSPS) is 25.2. The van der Waals surface area contributed by atoms with Crippen molar-refractivity contribution in [2.24, 2.45) is 0 Å². The van der Waals surface area contributed by atoms with Crippen LogP contribution in [0.1, 0.15) is 6.92 Å². The molecule has 1 saturated heterocycles. The van der Waals surface area contributed by atoms with Gasteiger partial charge in [-0.1, -0.05) is 0 Å². The minimum Gasteiger partial charge on any atom is -0.376 e. The van der Waals surface area contributed by atoms with Crippen molar-refractivity contribution in [1.82, 2.24) is 9.80 Å². The van der Waals surface area contributed by atoms with Crippen molar-refractivity contribution >= 4 is 11.9 Å². The predicted molar refractivity (Wildman–Crippen MR) is 36.6 cm³/mol. The van der Waals surface area contributed by atoms with Crippen LogP contribution in [0.2, 0.25) is 0 Å². The van der Waals surface area contributed by atoms with Crippen molar-refractivity contribution in [3.8, 4) is 0 Å². The van der Waals surface area contributed by atoms with Crippen LogP contribution in [0.3, 0.4) is 0 Å². The zero-order valence-corrected chi connectivity index (χ0v) is 6.44. The molecule has 0 aliphatic carbocycles. The number of carbonyl (C=O) groups excluding carboxylic acids is 2. The van der Waals surface area contributed by atoms with Gasteiger partial charge >= 0.3 is 6.03 Å². The molecule has 0 spiro atoms. The second-order valence-corrected chi connectivity index (χ2v) is 2.48. The quantitative estimate of drug-likeness (QED) is 0.509. The van der Waals surface area contributed by atoms with E-state index in [1.807, 2.05) is 0 Å². The molecule has 0 aromatic carbocycles. The van der Waals surface area contributed by atoms with Gasteiger partial charge in [-0.05, 0) is 6.92 Å². The molecule has 11 heavy (non-hydrogen) atoms. The first-order valence-electron chi connectivity index (χ1n) is 3.28. The summed E-state index contributed by atoms with van der Waals surface area (Å²) in [6.07, 6.45) is 0. The van der Waals surface area contributed by atoms with Crippen molar-refractivity contribution in [2.45, 2.75) is 13.0 Å². The molecule has 1 heterocycles. The van der Waals surface area contributed by atoms with E-state index in [1.165, 1.54) is 11.9 Å². The smallest absolute Gasteiger partial charge is 0.329 e. The molecular weight excluding hydrogens is 148 g/mol. The maximum absolute atomic E-state index is 11.1. The Balaban J connectivity index is 2.86. The van der Waals surface area contributed by atoms with Gasteiger partial charge in [0.05, 0.1) is 0 Å². The van der Waals surface area contributed by atoms with E-state index in [2.05, 4.69) is 0 Å². The molecule has 3 amide bonds. The van der Waals surface area contributed by atoms with Crippen LogP contribution < -0.4 is 0 Å². The monoisotopic (exact) mass is 158 g/mol. The van der Waals surface area contributed by atoms with E-state index < -0.39 is 18.8 Å². The van der Waals surface area contributed by atoms with Crippen LogP contribution in [-0.4, -0.2) is 46.7 Å². The Morgan fingerprint density at radius 1 is 1.55 bits per heavy atom. The summed E-state index contributed by atoms with van der Waals surface area (Å²) in [6.45, 7) is 1.09. The lowest BCUT2D eigenvalue weighted by atomic mass is 10.3. The SMILES string of the molecule is CC1C(=O)N(CO)C(=O)N1C. The number of aliphatic hydroxyl groups excluding tert-OH is 1. The molecule has 1 fully saturated rings. The summed E-state index contributed by atoms with van der Waals surface area (Å²) in [5, 5.41) is 8.60. The highest BCUT2D eigenvalue weighted by Gasteiger charge is 2.39. The lowest BCUT2D eigenvalue weighted by Crippen LogP contribution is -2.32. The summed E-state index contributed by atoms with van der Waals surface area (Å²) in [5.41, 5.74) is 0. The summed E-state index contributed by atoms with van der Waals surface area (Å²) in [4.78, 5) is 24.2. The van der Waals surface area contributed by atoms with Crippen molar-refractivity contribution < 1.29 is 14.7 Å². The first kappa shape index (κ1) is 8.00. The predicted octanol–water partition coefficient (Wildman–Crippen LogP) is -0.781. The molecule has 0 saturated carbocycles. The molecule has 62 valence electrons. The molecule has 5 heteroatoms. The zero-order valence-electron chi connectivity index (χ0n) is 6.44. The van der Waals surface area contributed by atoms with Gasteiger partial charge < -0.3 is 10.0 Å². The number of rotatable bonds is 1. The lowest BCUT2D eigenvalue weighted by Gasteiger charge is -2.10. The highest BCUT2D eigenvalue weighted by Crippen LogP contribution is 2.13. The van der Waals surface area contributed by atoms with Gasteiger partial charge in [0.25, 0.3) is 5.91 Å². The minimum atomic E-state index is -0.535. The Kier molecular flexibility index (Phi) is 1.82. The van der Waals surface area contributed by atoms with E-state index >= 15 is 0 Å². The second kappa shape index (κ2) is 2.50. The van der Waals surface area contributed by atoms with Gasteiger partial charge in [0.2, 0.25) is 0 Å². The number of amides is 3. The van der Waals surface area contributed by atoms with E-state index in [0.29, 0.717) is 0 Å². The van der Waals surface area contributed by atoms with E-state index in [0.717, 1.165) is 4.90 Å². The fraction of sp³-hybridized carbons (Fsp3) is 0.667. The van der Waals surface area contributed by atoms with Gasteiger partial charge in [-0.15, -0.1) is 0 Å². The highest BCUT2D eigenvalue weighted by molar-refractivity contribution is 6.03. The van der Waals surface area contributed by atoms with Crippen molar-refractivity contribution in [1.29, 1.82) is 0 Å². The summed E-state index contributed by atoms with van der Waals surface area (Å²) < 4.78 is 0. The summed E-state index contributed by atoms with van der Waals surface area (Å²) in [6, 6.07) is -0.889. The molecule has 5 nitrogen and oxygen atoms in total. The molecule has 1 rings (SSSR count). The maximum Gasteiger partial charge on any atom is 0.329 e. The molecule has 1 aliphatic rings. The number of likely N-dealkylation sites (N-methyl/N-ethyl adjacent to an activating group) is 1. The van der Waals surface area contributed by atoms with Crippen molar-refractivity contribution in [2.75, 3.05) is 13.8 Å². The third kappa shape index (κ3) is 0.970. The lowest BCUT2D eigenvalue weighted by molar-refractivity contribution is -0.130. The number of urea groups is 1. The van der Waals surface area contributed by atoms with Crippen LogP contribution in [0, 0.1) is 0 Å². The summed E-state index contributed by atoms with van der Waals surface area (Å²) in [7, 11) is 1.53. The van der Waals surface area contributed by atoms with Crippen LogP contribution in [0.5, 0.6) is 0 Å². The zero-order chi connectivity index (χ0) is 8.59.